The Morgan fingerprint density at radius 2 is 2.00 bits per heavy atom. The van der Waals surface area contributed by atoms with Gasteiger partial charge in [-0.25, -0.2) is 0 Å². The zero-order valence-electron chi connectivity index (χ0n) is 12.1. The van der Waals surface area contributed by atoms with Gasteiger partial charge in [-0.15, -0.1) is 0 Å². The normalized spacial score (nSPS) is 12.7. The van der Waals surface area contributed by atoms with Crippen LogP contribution in [0.3, 0.4) is 0 Å². The number of H-pyrrole nitrogens is 1. The molecule has 0 saturated heterocycles. The lowest BCUT2D eigenvalue weighted by Crippen LogP contribution is -2.21. The summed E-state index contributed by atoms with van der Waals surface area (Å²) in [5.74, 6) is 0. The second kappa shape index (κ2) is 6.12. The van der Waals surface area contributed by atoms with Crippen molar-refractivity contribution in [1.29, 1.82) is 0 Å². The number of hydrogen-bond acceptors (Lipinski definition) is 2. The zero-order chi connectivity index (χ0) is 14.7. The molecule has 3 heteroatoms. The van der Waals surface area contributed by atoms with Crippen molar-refractivity contribution in [3.05, 3.63) is 71.4 Å². The van der Waals surface area contributed by atoms with Gasteiger partial charge in [-0.1, -0.05) is 42.0 Å². The molecule has 3 N–H and O–H groups in total. The lowest BCUT2D eigenvalue weighted by molar-refractivity contribution is 0.174. The van der Waals surface area contributed by atoms with Crippen LogP contribution in [0.1, 0.15) is 22.8 Å². The van der Waals surface area contributed by atoms with Crippen LogP contribution >= 0.6 is 0 Å². The highest BCUT2D eigenvalue weighted by atomic mass is 16.3. The standard InChI is InChI=1S/C18H20N2O/c1-13-4-2-5-14(10-13)18(21)12-19-11-15-6-3-7-17-16(15)8-9-20-17/h2-10,18-21H,11-12H2,1H3. The van der Waals surface area contributed by atoms with Crippen LogP contribution in [0.4, 0.5) is 0 Å². The number of aromatic nitrogens is 1. The molecule has 108 valence electrons. The summed E-state index contributed by atoms with van der Waals surface area (Å²) in [6.07, 6.45) is 1.48. The Morgan fingerprint density at radius 3 is 2.86 bits per heavy atom. The van der Waals surface area contributed by atoms with Crippen LogP contribution in [0.2, 0.25) is 0 Å². The van der Waals surface area contributed by atoms with Gasteiger partial charge in [-0.2, -0.15) is 0 Å². The summed E-state index contributed by atoms with van der Waals surface area (Å²) >= 11 is 0. The molecule has 0 spiro atoms. The lowest BCUT2D eigenvalue weighted by atomic mass is 10.1. The predicted molar refractivity (Wildman–Crippen MR) is 86.1 cm³/mol. The molecule has 3 rings (SSSR count). The van der Waals surface area contributed by atoms with E-state index in [2.05, 4.69) is 28.5 Å². The molecule has 1 unspecified atom stereocenters. The monoisotopic (exact) mass is 280 g/mol. The van der Waals surface area contributed by atoms with Gasteiger partial charge in [-0.05, 0) is 30.2 Å². The summed E-state index contributed by atoms with van der Waals surface area (Å²) in [5, 5.41) is 14.8. The van der Waals surface area contributed by atoms with Gasteiger partial charge < -0.3 is 15.4 Å². The van der Waals surface area contributed by atoms with Crippen molar-refractivity contribution in [3.8, 4) is 0 Å². The number of benzene rings is 2. The van der Waals surface area contributed by atoms with E-state index in [4.69, 9.17) is 0 Å². The minimum atomic E-state index is -0.477. The molecule has 0 aliphatic rings. The minimum absolute atomic E-state index is 0.477. The number of aliphatic hydroxyl groups excluding tert-OH is 1. The largest absolute Gasteiger partial charge is 0.387 e. The molecule has 0 amide bonds. The average Bonchev–Trinajstić information content (AvgIpc) is 2.96. The molecule has 0 fully saturated rings. The Morgan fingerprint density at radius 1 is 1.14 bits per heavy atom. The molecule has 0 aliphatic heterocycles. The summed E-state index contributed by atoms with van der Waals surface area (Å²) in [4.78, 5) is 3.21. The first-order valence-electron chi connectivity index (χ1n) is 7.24. The summed E-state index contributed by atoms with van der Waals surface area (Å²) in [6.45, 7) is 3.33. The predicted octanol–water partition coefficient (Wildman–Crippen LogP) is 3.30. The third kappa shape index (κ3) is 3.15. The van der Waals surface area contributed by atoms with Crippen molar-refractivity contribution in [3.63, 3.8) is 0 Å². The SMILES string of the molecule is Cc1cccc(C(O)CNCc2cccc3[nH]ccc23)c1. The van der Waals surface area contributed by atoms with Crippen LogP contribution < -0.4 is 5.32 Å². The number of aryl methyl sites for hydroxylation is 1. The van der Waals surface area contributed by atoms with Crippen LogP contribution in [0.15, 0.2) is 54.7 Å². The molecule has 3 aromatic rings. The first-order chi connectivity index (χ1) is 10.2. The Balaban J connectivity index is 1.62. The van der Waals surface area contributed by atoms with Gasteiger partial charge in [0.15, 0.2) is 0 Å². The number of aliphatic hydroxyl groups is 1. The molecular weight excluding hydrogens is 260 g/mol. The third-order valence-electron chi connectivity index (χ3n) is 3.77. The molecular formula is C18H20N2O. The van der Waals surface area contributed by atoms with E-state index in [0.717, 1.165) is 17.6 Å². The first-order valence-corrected chi connectivity index (χ1v) is 7.24. The zero-order valence-corrected chi connectivity index (χ0v) is 12.1. The van der Waals surface area contributed by atoms with Crippen molar-refractivity contribution in [1.82, 2.24) is 10.3 Å². The van der Waals surface area contributed by atoms with Crippen LogP contribution in [0.5, 0.6) is 0 Å². The van der Waals surface area contributed by atoms with E-state index >= 15 is 0 Å². The van der Waals surface area contributed by atoms with E-state index < -0.39 is 6.10 Å². The highest BCUT2D eigenvalue weighted by Crippen LogP contribution is 2.18. The molecule has 0 aliphatic carbocycles. The Hall–Kier alpha value is -2.10. The highest BCUT2D eigenvalue weighted by molar-refractivity contribution is 5.82. The van der Waals surface area contributed by atoms with E-state index in [1.54, 1.807) is 0 Å². The first kappa shape index (κ1) is 13.9. The maximum atomic E-state index is 10.2. The molecule has 0 radical (unpaired) electrons. The lowest BCUT2D eigenvalue weighted by Gasteiger charge is -2.13. The summed E-state index contributed by atoms with van der Waals surface area (Å²) < 4.78 is 0. The van der Waals surface area contributed by atoms with Gasteiger partial charge in [0, 0.05) is 30.2 Å². The molecule has 1 atom stereocenters. The minimum Gasteiger partial charge on any atom is -0.387 e. The van der Waals surface area contributed by atoms with E-state index in [1.165, 1.54) is 16.5 Å². The van der Waals surface area contributed by atoms with Crippen molar-refractivity contribution in [2.45, 2.75) is 19.6 Å². The van der Waals surface area contributed by atoms with E-state index in [0.29, 0.717) is 6.54 Å². The van der Waals surface area contributed by atoms with Crippen molar-refractivity contribution in [2.75, 3.05) is 6.54 Å². The Kier molecular flexibility index (Phi) is 4.04. The molecule has 1 aromatic heterocycles. The molecule has 21 heavy (non-hydrogen) atoms. The fourth-order valence-corrected chi connectivity index (χ4v) is 2.64. The quantitative estimate of drug-likeness (QED) is 0.671. The molecule has 1 heterocycles. The van der Waals surface area contributed by atoms with Gasteiger partial charge in [0.25, 0.3) is 0 Å². The van der Waals surface area contributed by atoms with Crippen molar-refractivity contribution in [2.24, 2.45) is 0 Å². The van der Waals surface area contributed by atoms with Crippen molar-refractivity contribution < 1.29 is 5.11 Å². The average molecular weight is 280 g/mol. The van der Waals surface area contributed by atoms with Gasteiger partial charge in [0.1, 0.15) is 0 Å². The fraction of sp³-hybridized carbons (Fsp3) is 0.222. The van der Waals surface area contributed by atoms with Gasteiger partial charge in [0.05, 0.1) is 6.10 Å². The van der Waals surface area contributed by atoms with Crippen LogP contribution in [-0.4, -0.2) is 16.6 Å². The van der Waals surface area contributed by atoms with E-state index in [1.807, 2.05) is 43.5 Å². The molecule has 2 aromatic carbocycles. The third-order valence-corrected chi connectivity index (χ3v) is 3.77. The van der Waals surface area contributed by atoms with Crippen LogP contribution in [-0.2, 0) is 6.54 Å². The van der Waals surface area contributed by atoms with Crippen molar-refractivity contribution >= 4 is 10.9 Å². The van der Waals surface area contributed by atoms with E-state index in [-0.39, 0.29) is 0 Å². The van der Waals surface area contributed by atoms with Crippen LogP contribution in [0.25, 0.3) is 10.9 Å². The van der Waals surface area contributed by atoms with E-state index in [9.17, 15) is 5.11 Å². The van der Waals surface area contributed by atoms with Gasteiger partial charge in [0.2, 0.25) is 0 Å². The maximum Gasteiger partial charge on any atom is 0.0914 e. The number of aromatic amines is 1. The van der Waals surface area contributed by atoms with Crippen LogP contribution in [0, 0.1) is 6.92 Å². The Bertz CT molecular complexity index is 733. The Labute approximate surface area is 124 Å². The van der Waals surface area contributed by atoms with Gasteiger partial charge in [-0.3, -0.25) is 0 Å². The highest BCUT2D eigenvalue weighted by Gasteiger charge is 2.07. The number of hydrogen-bond donors (Lipinski definition) is 3. The summed E-state index contributed by atoms with van der Waals surface area (Å²) in [5.41, 5.74) is 4.52. The molecule has 0 saturated carbocycles. The topological polar surface area (TPSA) is 48.0 Å². The number of fused-ring (bicyclic) bond motifs is 1. The second-order valence-electron chi connectivity index (χ2n) is 5.42. The number of rotatable bonds is 5. The maximum absolute atomic E-state index is 10.2. The molecule has 0 bridgehead atoms. The molecule has 3 nitrogen and oxygen atoms in total. The smallest absolute Gasteiger partial charge is 0.0914 e. The number of nitrogens with one attached hydrogen (secondary N) is 2. The summed E-state index contributed by atoms with van der Waals surface area (Å²) in [7, 11) is 0. The fourth-order valence-electron chi connectivity index (χ4n) is 2.64. The van der Waals surface area contributed by atoms with Gasteiger partial charge >= 0.3 is 0 Å². The summed E-state index contributed by atoms with van der Waals surface area (Å²) in [6, 6.07) is 16.3. The second-order valence-corrected chi connectivity index (χ2v) is 5.42.